The number of benzene rings is 1. The monoisotopic (exact) mass is 391 g/mol. The van der Waals surface area contributed by atoms with Gasteiger partial charge in [0, 0.05) is 12.3 Å². The fourth-order valence-electron chi connectivity index (χ4n) is 4.28. The molecule has 3 nitrogen and oxygen atoms in total. The van der Waals surface area contributed by atoms with Crippen LogP contribution >= 0.6 is 0 Å². The Morgan fingerprint density at radius 1 is 1.00 bits per heavy atom. The standard InChI is InChI=1S/C26H33NO2/c1-8-29-24(28)10-9-19-14-20(18(3)16-27-19)21-15-23-22(13-17(21)2)25(4,5)11-12-26(23,6)7/h9-10,13-16H,8,11-12H2,1-7H3/b10-9+. The van der Waals surface area contributed by atoms with Crippen molar-refractivity contribution in [3.8, 4) is 11.1 Å². The van der Waals surface area contributed by atoms with Crippen LogP contribution in [0.3, 0.4) is 0 Å². The lowest BCUT2D eigenvalue weighted by atomic mass is 9.62. The van der Waals surface area contributed by atoms with Gasteiger partial charge in [-0.3, -0.25) is 4.98 Å². The second-order valence-corrected chi connectivity index (χ2v) is 9.49. The summed E-state index contributed by atoms with van der Waals surface area (Å²) in [5.74, 6) is -0.342. The van der Waals surface area contributed by atoms with E-state index in [-0.39, 0.29) is 16.8 Å². The maximum atomic E-state index is 11.6. The Bertz CT molecular complexity index is 967. The number of pyridine rings is 1. The first kappa shape index (κ1) is 21.3. The molecule has 2 aromatic rings. The zero-order valence-electron chi connectivity index (χ0n) is 18.8. The Morgan fingerprint density at radius 3 is 2.21 bits per heavy atom. The zero-order valence-corrected chi connectivity index (χ0v) is 18.8. The third kappa shape index (κ3) is 4.29. The van der Waals surface area contributed by atoms with Crippen LogP contribution in [0.2, 0.25) is 0 Å². The second-order valence-electron chi connectivity index (χ2n) is 9.49. The molecule has 0 unspecified atom stereocenters. The summed E-state index contributed by atoms with van der Waals surface area (Å²) >= 11 is 0. The van der Waals surface area contributed by atoms with E-state index in [1.807, 2.05) is 6.20 Å². The van der Waals surface area contributed by atoms with Gasteiger partial charge < -0.3 is 4.74 Å². The molecule has 1 aromatic carbocycles. The Morgan fingerprint density at radius 2 is 1.59 bits per heavy atom. The van der Waals surface area contributed by atoms with Crippen LogP contribution in [0.1, 0.15) is 75.4 Å². The molecule has 1 heterocycles. The van der Waals surface area contributed by atoms with Crippen LogP contribution in [0.5, 0.6) is 0 Å². The second kappa shape index (κ2) is 7.78. The maximum Gasteiger partial charge on any atom is 0.330 e. The minimum absolute atomic E-state index is 0.168. The van der Waals surface area contributed by atoms with Crippen LogP contribution in [0.15, 0.2) is 30.5 Å². The highest BCUT2D eigenvalue weighted by Gasteiger charge is 2.37. The minimum atomic E-state index is -0.342. The van der Waals surface area contributed by atoms with Crippen LogP contribution in [-0.4, -0.2) is 17.6 Å². The molecule has 29 heavy (non-hydrogen) atoms. The lowest BCUT2D eigenvalue weighted by Gasteiger charge is -2.42. The topological polar surface area (TPSA) is 39.2 Å². The van der Waals surface area contributed by atoms with Crippen molar-refractivity contribution in [2.24, 2.45) is 0 Å². The van der Waals surface area contributed by atoms with Crippen LogP contribution in [0.4, 0.5) is 0 Å². The van der Waals surface area contributed by atoms with Gasteiger partial charge in [0.25, 0.3) is 0 Å². The molecule has 1 aromatic heterocycles. The highest BCUT2D eigenvalue weighted by Crippen LogP contribution is 2.47. The summed E-state index contributed by atoms with van der Waals surface area (Å²) < 4.78 is 4.97. The fourth-order valence-corrected chi connectivity index (χ4v) is 4.28. The molecular formula is C26H33NO2. The van der Waals surface area contributed by atoms with Gasteiger partial charge in [-0.15, -0.1) is 0 Å². The molecule has 0 aliphatic heterocycles. The van der Waals surface area contributed by atoms with Gasteiger partial charge in [0.2, 0.25) is 0 Å². The van der Waals surface area contributed by atoms with Gasteiger partial charge in [-0.2, -0.15) is 0 Å². The van der Waals surface area contributed by atoms with E-state index in [1.165, 1.54) is 46.7 Å². The lowest BCUT2D eigenvalue weighted by molar-refractivity contribution is -0.137. The number of hydrogen-bond donors (Lipinski definition) is 0. The van der Waals surface area contributed by atoms with E-state index in [1.54, 1.807) is 13.0 Å². The maximum absolute atomic E-state index is 11.6. The third-order valence-electron chi connectivity index (χ3n) is 6.29. The van der Waals surface area contributed by atoms with E-state index >= 15 is 0 Å². The predicted octanol–water partition coefficient (Wildman–Crippen LogP) is 6.29. The highest BCUT2D eigenvalue weighted by atomic mass is 16.5. The van der Waals surface area contributed by atoms with Crippen LogP contribution in [0.25, 0.3) is 17.2 Å². The van der Waals surface area contributed by atoms with Crippen LogP contribution in [-0.2, 0) is 20.4 Å². The number of aromatic nitrogens is 1. The smallest absolute Gasteiger partial charge is 0.330 e. The molecular weight excluding hydrogens is 358 g/mol. The number of aryl methyl sites for hydroxylation is 2. The van der Waals surface area contributed by atoms with Crippen molar-refractivity contribution in [3.63, 3.8) is 0 Å². The molecule has 0 bridgehead atoms. The van der Waals surface area contributed by atoms with Gasteiger partial charge in [-0.1, -0.05) is 39.8 Å². The molecule has 0 spiro atoms. The molecule has 3 rings (SSSR count). The number of fused-ring (bicyclic) bond motifs is 1. The van der Waals surface area contributed by atoms with Gasteiger partial charge in [0.15, 0.2) is 0 Å². The van der Waals surface area contributed by atoms with Crippen molar-refractivity contribution in [2.45, 2.75) is 72.1 Å². The number of carbonyl (C=O) groups excluding carboxylic acids is 1. The summed E-state index contributed by atoms with van der Waals surface area (Å²) in [7, 11) is 0. The predicted molar refractivity (Wildman–Crippen MR) is 120 cm³/mol. The largest absolute Gasteiger partial charge is 0.463 e. The van der Waals surface area contributed by atoms with E-state index in [9.17, 15) is 4.79 Å². The summed E-state index contributed by atoms with van der Waals surface area (Å²) in [6, 6.07) is 6.85. The summed E-state index contributed by atoms with van der Waals surface area (Å²) in [6.45, 7) is 15.9. The molecule has 0 atom stereocenters. The van der Waals surface area contributed by atoms with Gasteiger partial charge >= 0.3 is 5.97 Å². The lowest BCUT2D eigenvalue weighted by Crippen LogP contribution is -2.34. The zero-order chi connectivity index (χ0) is 21.4. The van der Waals surface area contributed by atoms with Gasteiger partial charge in [0.1, 0.15) is 0 Å². The number of nitrogens with zero attached hydrogens (tertiary/aromatic N) is 1. The summed E-state index contributed by atoms with van der Waals surface area (Å²) in [6.07, 6.45) is 7.45. The highest BCUT2D eigenvalue weighted by molar-refractivity contribution is 5.87. The number of carbonyl (C=O) groups is 1. The quantitative estimate of drug-likeness (QED) is 0.454. The Labute approximate surface area is 175 Å². The Balaban J connectivity index is 2.10. The average Bonchev–Trinajstić information content (AvgIpc) is 2.65. The molecule has 3 heteroatoms. The number of rotatable bonds is 4. The molecule has 154 valence electrons. The number of hydrogen-bond acceptors (Lipinski definition) is 3. The molecule has 1 aliphatic rings. The number of esters is 1. The Hall–Kier alpha value is -2.42. The van der Waals surface area contributed by atoms with E-state index in [0.717, 1.165) is 11.3 Å². The van der Waals surface area contributed by atoms with Crippen LogP contribution in [0, 0.1) is 13.8 Å². The van der Waals surface area contributed by atoms with E-state index < -0.39 is 0 Å². The van der Waals surface area contributed by atoms with E-state index in [4.69, 9.17) is 4.74 Å². The van der Waals surface area contributed by atoms with Gasteiger partial charge in [-0.25, -0.2) is 4.79 Å². The van der Waals surface area contributed by atoms with Crippen molar-refractivity contribution in [3.05, 3.63) is 58.4 Å². The third-order valence-corrected chi connectivity index (χ3v) is 6.29. The van der Waals surface area contributed by atoms with Crippen LogP contribution < -0.4 is 0 Å². The molecule has 0 amide bonds. The molecule has 0 saturated carbocycles. The summed E-state index contributed by atoms with van der Waals surface area (Å²) in [4.78, 5) is 16.1. The summed E-state index contributed by atoms with van der Waals surface area (Å²) in [5, 5.41) is 0. The fraction of sp³-hybridized carbons (Fsp3) is 0.462. The van der Waals surface area contributed by atoms with Crippen molar-refractivity contribution in [1.29, 1.82) is 0 Å². The molecule has 1 aliphatic carbocycles. The minimum Gasteiger partial charge on any atom is -0.463 e. The first-order chi connectivity index (χ1) is 13.5. The molecule has 0 saturated heterocycles. The van der Waals surface area contributed by atoms with Crippen molar-refractivity contribution in [1.82, 2.24) is 4.98 Å². The first-order valence-electron chi connectivity index (χ1n) is 10.5. The summed E-state index contributed by atoms with van der Waals surface area (Å²) in [5.41, 5.74) is 8.89. The normalized spacial score (nSPS) is 17.2. The first-order valence-corrected chi connectivity index (χ1v) is 10.5. The van der Waals surface area contributed by atoms with E-state index in [2.05, 4.69) is 64.7 Å². The molecule has 0 fully saturated rings. The average molecular weight is 392 g/mol. The molecule has 0 N–H and O–H groups in total. The SMILES string of the molecule is CCOC(=O)/C=C/c1cc(-c2cc3c(cc2C)C(C)(C)CCC3(C)C)c(C)cn1. The van der Waals surface area contributed by atoms with Crippen molar-refractivity contribution in [2.75, 3.05) is 6.61 Å². The Kier molecular flexibility index (Phi) is 5.71. The van der Waals surface area contributed by atoms with Crippen molar-refractivity contribution < 1.29 is 9.53 Å². The van der Waals surface area contributed by atoms with E-state index in [0.29, 0.717) is 6.61 Å². The van der Waals surface area contributed by atoms with Crippen molar-refractivity contribution >= 4 is 12.0 Å². The van der Waals surface area contributed by atoms with Gasteiger partial charge in [-0.05, 0) is 90.0 Å². The molecule has 0 radical (unpaired) electrons. The number of ether oxygens (including phenoxy) is 1. The van der Waals surface area contributed by atoms with Gasteiger partial charge in [0.05, 0.1) is 12.3 Å².